The molecule has 0 amide bonds. The third-order valence-corrected chi connectivity index (χ3v) is 4.58. The number of nitrogens with two attached hydrogens (primary N) is 1. The number of benzene rings is 2. The predicted octanol–water partition coefficient (Wildman–Crippen LogP) is 3.04. The van der Waals surface area contributed by atoms with Gasteiger partial charge in [-0.25, -0.2) is 8.42 Å². The van der Waals surface area contributed by atoms with Crippen molar-refractivity contribution >= 4 is 33.0 Å². The van der Waals surface area contributed by atoms with E-state index in [1.807, 2.05) is 6.92 Å². The quantitative estimate of drug-likeness (QED) is 0.846. The van der Waals surface area contributed by atoms with Gasteiger partial charge in [-0.15, -0.1) is 0 Å². The Bertz CT molecular complexity index is 776. The summed E-state index contributed by atoms with van der Waals surface area (Å²) >= 11 is 5.83. The van der Waals surface area contributed by atoms with Crippen LogP contribution in [0.3, 0.4) is 0 Å². The molecule has 0 radical (unpaired) electrons. The van der Waals surface area contributed by atoms with Crippen LogP contribution in [0.5, 0.6) is 5.75 Å². The van der Waals surface area contributed by atoms with Crippen LogP contribution in [0.25, 0.3) is 0 Å². The fourth-order valence-electron chi connectivity index (χ4n) is 1.89. The van der Waals surface area contributed by atoms with Crippen molar-refractivity contribution in [3.63, 3.8) is 0 Å². The minimum absolute atomic E-state index is 0.0523. The van der Waals surface area contributed by atoms with Crippen LogP contribution in [0.4, 0.5) is 11.4 Å². The van der Waals surface area contributed by atoms with E-state index in [1.54, 1.807) is 25.3 Å². The van der Waals surface area contributed by atoms with Gasteiger partial charge in [0.25, 0.3) is 10.0 Å². The highest BCUT2D eigenvalue weighted by molar-refractivity contribution is 7.92. The Morgan fingerprint density at radius 3 is 2.52 bits per heavy atom. The molecule has 0 saturated heterocycles. The number of ether oxygens (including phenoxy) is 1. The maximum absolute atomic E-state index is 12.4. The molecule has 0 unspecified atom stereocenters. The second-order valence-electron chi connectivity index (χ2n) is 4.47. The number of sulfonamides is 1. The minimum atomic E-state index is -3.80. The largest absolute Gasteiger partial charge is 0.496 e. The molecule has 0 atom stereocenters. The number of nitrogen functional groups attached to an aromatic ring is 1. The number of anilines is 2. The van der Waals surface area contributed by atoms with E-state index in [1.165, 1.54) is 18.2 Å². The summed E-state index contributed by atoms with van der Waals surface area (Å²) in [5.41, 5.74) is 7.08. The summed E-state index contributed by atoms with van der Waals surface area (Å²) in [7, 11) is -2.25. The van der Waals surface area contributed by atoms with Crippen molar-refractivity contribution in [2.24, 2.45) is 0 Å². The first-order valence-electron chi connectivity index (χ1n) is 6.06. The standard InChI is InChI=1S/C14H15ClN2O3S/c1-9-7-11(4-6-13(9)20-2)17-21(18,19)14-8-10(15)3-5-12(14)16/h3-8,17H,16H2,1-2H3. The van der Waals surface area contributed by atoms with Gasteiger partial charge in [0.1, 0.15) is 10.6 Å². The van der Waals surface area contributed by atoms with E-state index in [0.29, 0.717) is 16.5 Å². The van der Waals surface area contributed by atoms with Crippen LogP contribution in [0.1, 0.15) is 5.56 Å². The van der Waals surface area contributed by atoms with E-state index in [2.05, 4.69) is 4.72 Å². The van der Waals surface area contributed by atoms with Gasteiger partial charge in [-0.1, -0.05) is 11.6 Å². The molecule has 2 aromatic rings. The van der Waals surface area contributed by atoms with Crippen molar-refractivity contribution in [3.05, 3.63) is 47.0 Å². The van der Waals surface area contributed by atoms with Crippen molar-refractivity contribution in [2.75, 3.05) is 17.6 Å². The molecule has 7 heteroatoms. The van der Waals surface area contributed by atoms with Gasteiger partial charge in [-0.05, 0) is 48.9 Å². The molecule has 3 N–H and O–H groups in total. The molecule has 0 aliphatic carbocycles. The lowest BCUT2D eigenvalue weighted by Gasteiger charge is -2.12. The number of nitrogens with one attached hydrogen (secondary N) is 1. The highest BCUT2D eigenvalue weighted by Crippen LogP contribution is 2.27. The Morgan fingerprint density at radius 1 is 1.19 bits per heavy atom. The van der Waals surface area contributed by atoms with Crippen molar-refractivity contribution in [3.8, 4) is 5.75 Å². The van der Waals surface area contributed by atoms with Crippen LogP contribution in [-0.2, 0) is 10.0 Å². The zero-order chi connectivity index (χ0) is 15.6. The number of methoxy groups -OCH3 is 1. The zero-order valence-electron chi connectivity index (χ0n) is 11.6. The highest BCUT2D eigenvalue weighted by atomic mass is 35.5. The molecule has 0 aliphatic heterocycles. The first kappa shape index (κ1) is 15.5. The van der Waals surface area contributed by atoms with Crippen molar-refractivity contribution < 1.29 is 13.2 Å². The van der Waals surface area contributed by atoms with Crippen LogP contribution in [-0.4, -0.2) is 15.5 Å². The van der Waals surface area contributed by atoms with Gasteiger partial charge in [-0.2, -0.15) is 0 Å². The maximum Gasteiger partial charge on any atom is 0.263 e. The molecule has 0 heterocycles. The topological polar surface area (TPSA) is 81.4 Å². The lowest BCUT2D eigenvalue weighted by atomic mass is 10.2. The average molecular weight is 327 g/mol. The molecule has 112 valence electrons. The first-order valence-corrected chi connectivity index (χ1v) is 7.92. The summed E-state index contributed by atoms with van der Waals surface area (Å²) in [5, 5.41) is 0.301. The van der Waals surface area contributed by atoms with E-state index in [4.69, 9.17) is 22.1 Å². The smallest absolute Gasteiger partial charge is 0.263 e. The summed E-state index contributed by atoms with van der Waals surface area (Å²) < 4.78 is 32.3. The number of hydrogen-bond donors (Lipinski definition) is 2. The van der Waals surface area contributed by atoms with Gasteiger partial charge in [0, 0.05) is 10.7 Å². The van der Waals surface area contributed by atoms with Gasteiger partial charge in [0.2, 0.25) is 0 Å². The van der Waals surface area contributed by atoms with E-state index in [9.17, 15) is 8.42 Å². The SMILES string of the molecule is COc1ccc(NS(=O)(=O)c2cc(Cl)ccc2N)cc1C. The monoisotopic (exact) mass is 326 g/mol. The Balaban J connectivity index is 2.37. The van der Waals surface area contributed by atoms with Gasteiger partial charge < -0.3 is 10.5 Å². The third kappa shape index (κ3) is 3.40. The van der Waals surface area contributed by atoms with E-state index >= 15 is 0 Å². The Labute approximate surface area is 128 Å². The molecule has 5 nitrogen and oxygen atoms in total. The summed E-state index contributed by atoms with van der Waals surface area (Å²) in [6, 6.07) is 9.29. The summed E-state index contributed by atoms with van der Waals surface area (Å²) in [6.07, 6.45) is 0. The van der Waals surface area contributed by atoms with E-state index in [-0.39, 0.29) is 10.6 Å². The van der Waals surface area contributed by atoms with Crippen molar-refractivity contribution in [1.29, 1.82) is 0 Å². The van der Waals surface area contributed by atoms with Crippen molar-refractivity contribution in [2.45, 2.75) is 11.8 Å². The van der Waals surface area contributed by atoms with Gasteiger partial charge >= 0.3 is 0 Å². The Kier molecular flexibility index (Phi) is 4.29. The lowest BCUT2D eigenvalue weighted by molar-refractivity contribution is 0.412. The Morgan fingerprint density at radius 2 is 1.90 bits per heavy atom. The van der Waals surface area contributed by atoms with Crippen LogP contribution in [0, 0.1) is 6.92 Å². The molecular weight excluding hydrogens is 312 g/mol. The summed E-state index contributed by atoms with van der Waals surface area (Å²) in [4.78, 5) is -0.0523. The van der Waals surface area contributed by atoms with Crippen LogP contribution in [0.2, 0.25) is 5.02 Å². The molecule has 21 heavy (non-hydrogen) atoms. The van der Waals surface area contributed by atoms with Gasteiger partial charge in [-0.3, -0.25) is 4.72 Å². The fourth-order valence-corrected chi connectivity index (χ4v) is 3.34. The number of aryl methyl sites for hydroxylation is 1. The second-order valence-corrected chi connectivity index (χ2v) is 6.56. The van der Waals surface area contributed by atoms with E-state index < -0.39 is 10.0 Å². The zero-order valence-corrected chi connectivity index (χ0v) is 13.1. The Hall–Kier alpha value is -1.92. The highest BCUT2D eigenvalue weighted by Gasteiger charge is 2.18. The number of rotatable bonds is 4. The molecule has 0 spiro atoms. The molecule has 0 saturated carbocycles. The number of halogens is 1. The average Bonchev–Trinajstić information content (AvgIpc) is 2.41. The molecular formula is C14H15ClN2O3S. The molecule has 0 aromatic heterocycles. The third-order valence-electron chi connectivity index (χ3n) is 2.91. The molecule has 2 aromatic carbocycles. The summed E-state index contributed by atoms with van der Waals surface area (Å²) in [5.74, 6) is 0.681. The van der Waals surface area contributed by atoms with Crippen molar-refractivity contribution in [1.82, 2.24) is 0 Å². The second kappa shape index (κ2) is 5.83. The molecule has 0 aliphatic rings. The predicted molar refractivity (Wildman–Crippen MR) is 84.4 cm³/mol. The van der Waals surface area contributed by atoms with Gasteiger partial charge in [0.15, 0.2) is 0 Å². The fraction of sp³-hybridized carbons (Fsp3) is 0.143. The van der Waals surface area contributed by atoms with Crippen LogP contribution >= 0.6 is 11.6 Å². The van der Waals surface area contributed by atoms with Crippen LogP contribution in [0.15, 0.2) is 41.3 Å². The molecule has 2 rings (SSSR count). The normalized spacial score (nSPS) is 11.2. The maximum atomic E-state index is 12.4. The minimum Gasteiger partial charge on any atom is -0.496 e. The van der Waals surface area contributed by atoms with Crippen LogP contribution < -0.4 is 15.2 Å². The van der Waals surface area contributed by atoms with Gasteiger partial charge in [0.05, 0.1) is 12.8 Å². The van der Waals surface area contributed by atoms with E-state index in [0.717, 1.165) is 5.56 Å². The lowest BCUT2D eigenvalue weighted by Crippen LogP contribution is -2.15. The first-order chi connectivity index (χ1) is 9.83. The summed E-state index contributed by atoms with van der Waals surface area (Å²) in [6.45, 7) is 1.82. The number of hydrogen-bond acceptors (Lipinski definition) is 4. The molecule has 0 fully saturated rings. The molecule has 0 bridgehead atoms.